The molecule has 158 valence electrons. The van der Waals surface area contributed by atoms with Crippen molar-refractivity contribution in [2.45, 2.75) is 39.8 Å². The smallest absolute Gasteiger partial charge is 0.308 e. The number of benzene rings is 2. The lowest BCUT2D eigenvalue weighted by atomic mass is 10.2. The summed E-state index contributed by atoms with van der Waals surface area (Å²) in [4.78, 5) is 30.4. The molecule has 31 heavy (non-hydrogen) atoms. The van der Waals surface area contributed by atoms with Gasteiger partial charge in [0.25, 0.3) is 5.56 Å². The highest BCUT2D eigenvalue weighted by molar-refractivity contribution is 7.15. The minimum Gasteiger partial charge on any atom is -0.457 e. The summed E-state index contributed by atoms with van der Waals surface area (Å²) in [5.41, 5.74) is 3.34. The van der Waals surface area contributed by atoms with Crippen LogP contribution >= 0.6 is 11.3 Å². The summed E-state index contributed by atoms with van der Waals surface area (Å²) in [6.45, 7) is 5.90. The highest BCUT2D eigenvalue weighted by Gasteiger charge is 2.19. The van der Waals surface area contributed by atoms with Crippen molar-refractivity contribution in [2.75, 3.05) is 0 Å². The Kier molecular flexibility index (Phi) is 5.90. The lowest BCUT2D eigenvalue weighted by molar-refractivity contribution is -0.148. The summed E-state index contributed by atoms with van der Waals surface area (Å²) >= 11 is 1.52. The Morgan fingerprint density at radius 1 is 1.13 bits per heavy atom. The van der Waals surface area contributed by atoms with Crippen LogP contribution in [-0.4, -0.2) is 25.9 Å². The third kappa shape index (κ3) is 4.54. The van der Waals surface area contributed by atoms with Gasteiger partial charge in [-0.1, -0.05) is 47.2 Å². The zero-order chi connectivity index (χ0) is 22.0. The first-order valence-corrected chi connectivity index (χ1v) is 10.8. The van der Waals surface area contributed by atoms with Gasteiger partial charge in [0.2, 0.25) is 0 Å². The van der Waals surface area contributed by atoms with Gasteiger partial charge in [0.15, 0.2) is 0 Å². The summed E-state index contributed by atoms with van der Waals surface area (Å²) in [5, 5.41) is 9.31. The van der Waals surface area contributed by atoms with Crippen LogP contribution in [-0.2, 0) is 16.1 Å². The predicted molar refractivity (Wildman–Crippen MR) is 120 cm³/mol. The standard InChI is InChI=1S/C23H22N4O3S/c1-14-8-10-17(11-9-14)22-24-15(2)21(31-22)16(3)30-20(28)12-13-27-23(29)18-6-4-5-7-19(18)25-26-27/h4-11,16H,12-13H2,1-3H3/t16-/m1/s1. The number of carbonyl (C=O) groups excluding carboxylic acids is 1. The van der Waals surface area contributed by atoms with Crippen LogP contribution in [0.2, 0.25) is 0 Å². The molecule has 4 aromatic rings. The second-order valence-electron chi connectivity index (χ2n) is 7.35. The van der Waals surface area contributed by atoms with Crippen molar-refractivity contribution < 1.29 is 9.53 Å². The number of rotatable bonds is 6. The average Bonchev–Trinajstić information content (AvgIpc) is 3.15. The molecule has 0 fully saturated rings. The highest BCUT2D eigenvalue weighted by Crippen LogP contribution is 2.33. The molecule has 2 heterocycles. The Balaban J connectivity index is 1.42. The second-order valence-corrected chi connectivity index (χ2v) is 8.38. The van der Waals surface area contributed by atoms with Gasteiger partial charge in [-0.25, -0.2) is 9.67 Å². The Bertz CT molecular complexity index is 1290. The monoisotopic (exact) mass is 434 g/mol. The molecule has 4 rings (SSSR count). The van der Waals surface area contributed by atoms with E-state index in [1.807, 2.05) is 45.0 Å². The number of nitrogens with zero attached hydrogens (tertiary/aromatic N) is 4. The van der Waals surface area contributed by atoms with E-state index < -0.39 is 12.1 Å². The molecule has 8 heteroatoms. The van der Waals surface area contributed by atoms with Crippen LogP contribution in [0.15, 0.2) is 53.3 Å². The van der Waals surface area contributed by atoms with E-state index in [1.54, 1.807) is 24.3 Å². The number of aromatic nitrogens is 4. The maximum atomic E-state index is 12.5. The number of aryl methyl sites for hydroxylation is 3. The van der Waals surface area contributed by atoms with E-state index in [0.717, 1.165) is 21.1 Å². The number of carbonyl (C=O) groups is 1. The van der Waals surface area contributed by atoms with E-state index in [4.69, 9.17) is 4.74 Å². The van der Waals surface area contributed by atoms with Gasteiger partial charge in [0, 0.05) is 5.56 Å². The number of fused-ring (bicyclic) bond motifs is 1. The van der Waals surface area contributed by atoms with Gasteiger partial charge in [-0.3, -0.25) is 9.59 Å². The molecule has 0 unspecified atom stereocenters. The Morgan fingerprint density at radius 3 is 2.65 bits per heavy atom. The van der Waals surface area contributed by atoms with Crippen LogP contribution in [0.25, 0.3) is 21.5 Å². The molecular formula is C23H22N4O3S. The molecule has 0 radical (unpaired) electrons. The van der Waals surface area contributed by atoms with E-state index in [9.17, 15) is 9.59 Å². The van der Waals surface area contributed by atoms with Crippen molar-refractivity contribution in [3.63, 3.8) is 0 Å². The molecule has 1 atom stereocenters. The lowest BCUT2D eigenvalue weighted by Crippen LogP contribution is -2.26. The van der Waals surface area contributed by atoms with Gasteiger partial charge >= 0.3 is 5.97 Å². The van der Waals surface area contributed by atoms with Crippen molar-refractivity contribution in [1.29, 1.82) is 0 Å². The molecule has 0 spiro atoms. The largest absolute Gasteiger partial charge is 0.457 e. The van der Waals surface area contributed by atoms with Crippen molar-refractivity contribution >= 4 is 28.2 Å². The molecule has 0 saturated heterocycles. The number of hydrogen-bond acceptors (Lipinski definition) is 7. The average molecular weight is 435 g/mol. The van der Waals surface area contributed by atoms with Crippen molar-refractivity contribution in [3.05, 3.63) is 75.0 Å². The maximum Gasteiger partial charge on any atom is 0.308 e. The number of thiazole rings is 1. The van der Waals surface area contributed by atoms with Crippen LogP contribution < -0.4 is 5.56 Å². The van der Waals surface area contributed by atoms with E-state index >= 15 is 0 Å². The first-order valence-electron chi connectivity index (χ1n) is 9.99. The lowest BCUT2D eigenvalue weighted by Gasteiger charge is -2.12. The van der Waals surface area contributed by atoms with Gasteiger partial charge < -0.3 is 4.74 Å². The minimum absolute atomic E-state index is 0.0277. The number of ether oxygens (including phenoxy) is 1. The second kappa shape index (κ2) is 8.77. The summed E-state index contributed by atoms with van der Waals surface area (Å²) in [6.07, 6.45) is -0.399. The van der Waals surface area contributed by atoms with Gasteiger partial charge in [0.1, 0.15) is 16.6 Å². The van der Waals surface area contributed by atoms with Crippen LogP contribution in [0.1, 0.15) is 35.6 Å². The molecule has 0 aliphatic rings. The normalized spacial score (nSPS) is 12.1. The van der Waals surface area contributed by atoms with Gasteiger partial charge in [-0.05, 0) is 32.9 Å². The quantitative estimate of drug-likeness (QED) is 0.422. The molecule has 0 aliphatic heterocycles. The van der Waals surface area contributed by atoms with Crippen molar-refractivity contribution in [2.24, 2.45) is 0 Å². The SMILES string of the molecule is Cc1ccc(-c2nc(C)c([C@@H](C)OC(=O)CCn3nnc4ccccc4c3=O)s2)cc1. The number of esters is 1. The Morgan fingerprint density at radius 2 is 1.87 bits per heavy atom. The molecule has 0 bridgehead atoms. The molecule has 0 amide bonds. The fourth-order valence-electron chi connectivity index (χ4n) is 3.28. The van der Waals surface area contributed by atoms with E-state index in [-0.39, 0.29) is 18.5 Å². The summed E-state index contributed by atoms with van der Waals surface area (Å²) in [6, 6.07) is 15.2. The fourth-order valence-corrected chi connectivity index (χ4v) is 4.33. The first kappa shape index (κ1) is 20.9. The van der Waals surface area contributed by atoms with E-state index in [1.165, 1.54) is 21.6 Å². The fraction of sp³-hybridized carbons (Fsp3) is 0.261. The molecule has 0 aliphatic carbocycles. The Hall–Kier alpha value is -3.39. The maximum absolute atomic E-state index is 12.5. The number of hydrogen-bond donors (Lipinski definition) is 0. The van der Waals surface area contributed by atoms with E-state index in [2.05, 4.69) is 15.3 Å². The zero-order valence-electron chi connectivity index (χ0n) is 17.5. The van der Waals surface area contributed by atoms with Crippen molar-refractivity contribution in [1.82, 2.24) is 20.0 Å². The predicted octanol–water partition coefficient (Wildman–Crippen LogP) is 4.23. The van der Waals surface area contributed by atoms with Crippen LogP contribution in [0.5, 0.6) is 0 Å². The minimum atomic E-state index is -0.427. The van der Waals surface area contributed by atoms with Gasteiger partial charge in [-0.2, -0.15) is 0 Å². The third-order valence-corrected chi connectivity index (χ3v) is 6.33. The molecule has 0 N–H and O–H groups in total. The van der Waals surface area contributed by atoms with Crippen LogP contribution in [0.4, 0.5) is 0 Å². The zero-order valence-corrected chi connectivity index (χ0v) is 18.3. The van der Waals surface area contributed by atoms with Crippen molar-refractivity contribution in [3.8, 4) is 10.6 Å². The summed E-state index contributed by atoms with van der Waals surface area (Å²) in [7, 11) is 0. The van der Waals surface area contributed by atoms with Crippen LogP contribution in [0.3, 0.4) is 0 Å². The first-order chi connectivity index (χ1) is 14.9. The summed E-state index contributed by atoms with van der Waals surface area (Å²) < 4.78 is 6.80. The third-order valence-electron chi connectivity index (χ3n) is 4.97. The topological polar surface area (TPSA) is 87.0 Å². The molecule has 2 aromatic heterocycles. The highest BCUT2D eigenvalue weighted by atomic mass is 32.1. The Labute approximate surface area is 183 Å². The van der Waals surface area contributed by atoms with Crippen LogP contribution in [0, 0.1) is 13.8 Å². The molecular weight excluding hydrogens is 412 g/mol. The van der Waals surface area contributed by atoms with E-state index in [0.29, 0.717) is 10.9 Å². The van der Waals surface area contributed by atoms with Gasteiger partial charge in [0.05, 0.1) is 28.9 Å². The summed E-state index contributed by atoms with van der Waals surface area (Å²) in [5.74, 6) is -0.404. The molecule has 7 nitrogen and oxygen atoms in total. The molecule has 2 aromatic carbocycles. The molecule has 0 saturated carbocycles. The van der Waals surface area contributed by atoms with Gasteiger partial charge in [-0.15, -0.1) is 16.4 Å².